The molecule has 0 aliphatic carbocycles. The summed E-state index contributed by atoms with van der Waals surface area (Å²) in [5.74, 6) is -0.139. The monoisotopic (exact) mass is 319 g/mol. The summed E-state index contributed by atoms with van der Waals surface area (Å²) < 4.78 is 0. The third-order valence-electron chi connectivity index (χ3n) is 4.27. The fourth-order valence-corrected chi connectivity index (χ4v) is 2.68. The van der Waals surface area contributed by atoms with Gasteiger partial charge in [-0.2, -0.15) is 0 Å². The summed E-state index contributed by atoms with van der Waals surface area (Å²) >= 11 is 0. The Labute approximate surface area is 142 Å². The van der Waals surface area contributed by atoms with Gasteiger partial charge in [0, 0.05) is 36.9 Å². The summed E-state index contributed by atoms with van der Waals surface area (Å²) in [6, 6.07) is 20.0. The molecule has 2 aromatic carbocycles. The van der Waals surface area contributed by atoms with Crippen LogP contribution in [0.4, 0.5) is 5.69 Å². The van der Waals surface area contributed by atoms with Crippen molar-refractivity contribution in [3.05, 3.63) is 72.6 Å². The maximum absolute atomic E-state index is 12.5. The molecule has 4 nitrogen and oxygen atoms in total. The zero-order valence-electron chi connectivity index (χ0n) is 13.9. The van der Waals surface area contributed by atoms with Gasteiger partial charge in [-0.25, -0.2) is 0 Å². The van der Waals surface area contributed by atoms with Crippen molar-refractivity contribution in [3.8, 4) is 0 Å². The highest BCUT2D eigenvalue weighted by atomic mass is 16.1. The number of benzene rings is 2. The molecule has 0 radical (unpaired) electrons. The second kappa shape index (κ2) is 7.13. The van der Waals surface area contributed by atoms with E-state index in [4.69, 9.17) is 0 Å². The molecule has 0 aliphatic heterocycles. The fourth-order valence-electron chi connectivity index (χ4n) is 2.68. The number of carbonyl (C=O) groups excluding carboxylic acids is 1. The number of nitrogens with zero attached hydrogens (tertiary/aromatic N) is 2. The van der Waals surface area contributed by atoms with Gasteiger partial charge in [0.05, 0.1) is 0 Å². The normalized spacial score (nSPS) is 11.9. The molecule has 1 heterocycles. The molecule has 1 atom stereocenters. The molecule has 122 valence electrons. The number of fused-ring (bicyclic) bond motifs is 1. The van der Waals surface area contributed by atoms with Crippen molar-refractivity contribution >= 4 is 22.4 Å². The molecular formula is C20H21N3O. The van der Waals surface area contributed by atoms with E-state index in [0.29, 0.717) is 12.2 Å². The van der Waals surface area contributed by atoms with Crippen molar-refractivity contribution in [2.45, 2.75) is 13.0 Å². The summed E-state index contributed by atoms with van der Waals surface area (Å²) in [4.78, 5) is 18.9. The number of anilines is 1. The van der Waals surface area contributed by atoms with Crippen LogP contribution in [0.25, 0.3) is 10.8 Å². The van der Waals surface area contributed by atoms with Gasteiger partial charge in [0.2, 0.25) is 0 Å². The molecule has 0 fully saturated rings. The van der Waals surface area contributed by atoms with Crippen LogP contribution in [0.3, 0.4) is 0 Å². The highest BCUT2D eigenvalue weighted by Crippen LogP contribution is 2.17. The number of carbonyl (C=O) groups is 1. The average Bonchev–Trinajstić information content (AvgIpc) is 2.65. The number of nitrogens with one attached hydrogen (secondary N) is 1. The van der Waals surface area contributed by atoms with Crippen molar-refractivity contribution in [2.75, 3.05) is 18.5 Å². The molecule has 0 aliphatic rings. The van der Waals surface area contributed by atoms with Crippen LogP contribution in [0, 0.1) is 0 Å². The molecule has 0 unspecified atom stereocenters. The third-order valence-corrected chi connectivity index (χ3v) is 4.27. The van der Waals surface area contributed by atoms with E-state index in [1.807, 2.05) is 55.6 Å². The van der Waals surface area contributed by atoms with Crippen LogP contribution in [0.2, 0.25) is 0 Å². The Kier molecular flexibility index (Phi) is 4.75. The number of rotatable bonds is 5. The molecule has 0 spiro atoms. The highest BCUT2D eigenvalue weighted by Gasteiger charge is 2.14. The Morgan fingerprint density at radius 2 is 1.79 bits per heavy atom. The predicted molar refractivity (Wildman–Crippen MR) is 98.4 cm³/mol. The summed E-state index contributed by atoms with van der Waals surface area (Å²) in [5, 5.41) is 4.90. The molecule has 4 heteroatoms. The van der Waals surface area contributed by atoms with Gasteiger partial charge in [0.1, 0.15) is 5.69 Å². The molecule has 24 heavy (non-hydrogen) atoms. The molecule has 1 aromatic heterocycles. The van der Waals surface area contributed by atoms with E-state index in [2.05, 4.69) is 34.3 Å². The van der Waals surface area contributed by atoms with Crippen LogP contribution in [-0.4, -0.2) is 30.5 Å². The molecular weight excluding hydrogens is 298 g/mol. The number of hydrogen-bond acceptors (Lipinski definition) is 3. The van der Waals surface area contributed by atoms with Gasteiger partial charge in [-0.15, -0.1) is 0 Å². The van der Waals surface area contributed by atoms with Crippen molar-refractivity contribution in [1.82, 2.24) is 10.3 Å². The zero-order valence-corrected chi connectivity index (χ0v) is 13.9. The fraction of sp³-hybridized carbons (Fsp3) is 0.200. The lowest BCUT2D eigenvalue weighted by Crippen LogP contribution is -2.40. The summed E-state index contributed by atoms with van der Waals surface area (Å²) in [5.41, 5.74) is 1.60. The molecule has 3 rings (SSSR count). The lowest BCUT2D eigenvalue weighted by Gasteiger charge is -2.27. The smallest absolute Gasteiger partial charge is 0.270 e. The van der Waals surface area contributed by atoms with E-state index in [1.54, 1.807) is 6.20 Å². The number of amides is 1. The second-order valence-electron chi connectivity index (χ2n) is 5.89. The first-order valence-corrected chi connectivity index (χ1v) is 8.06. The number of para-hydroxylation sites is 1. The molecule has 1 N–H and O–H groups in total. The highest BCUT2D eigenvalue weighted by molar-refractivity contribution is 6.05. The van der Waals surface area contributed by atoms with Crippen LogP contribution in [0.1, 0.15) is 17.4 Å². The van der Waals surface area contributed by atoms with Gasteiger partial charge in [-0.05, 0) is 30.5 Å². The van der Waals surface area contributed by atoms with Gasteiger partial charge in [0.15, 0.2) is 0 Å². The first-order valence-electron chi connectivity index (χ1n) is 8.06. The average molecular weight is 319 g/mol. The van der Waals surface area contributed by atoms with Crippen molar-refractivity contribution in [1.29, 1.82) is 0 Å². The molecule has 0 bridgehead atoms. The minimum absolute atomic E-state index is 0.139. The zero-order chi connectivity index (χ0) is 16.9. The van der Waals surface area contributed by atoms with E-state index in [1.165, 1.54) is 0 Å². The summed E-state index contributed by atoms with van der Waals surface area (Å²) in [6.07, 6.45) is 1.68. The number of aromatic nitrogens is 1. The summed E-state index contributed by atoms with van der Waals surface area (Å²) in [7, 11) is 2.03. The number of likely N-dealkylation sites (N-methyl/N-ethyl adjacent to an activating group) is 1. The summed E-state index contributed by atoms with van der Waals surface area (Å²) in [6.45, 7) is 2.64. The van der Waals surface area contributed by atoms with Crippen LogP contribution >= 0.6 is 0 Å². The number of pyridine rings is 1. The SMILES string of the molecule is C[C@H](CNC(=O)c1nccc2ccccc12)N(C)c1ccccc1. The van der Waals surface area contributed by atoms with Crippen LogP contribution in [0.5, 0.6) is 0 Å². The van der Waals surface area contributed by atoms with E-state index < -0.39 is 0 Å². The third kappa shape index (κ3) is 3.38. The minimum atomic E-state index is -0.139. The van der Waals surface area contributed by atoms with E-state index in [0.717, 1.165) is 16.5 Å². The Morgan fingerprint density at radius 3 is 2.58 bits per heavy atom. The van der Waals surface area contributed by atoms with Crippen molar-refractivity contribution in [2.24, 2.45) is 0 Å². The van der Waals surface area contributed by atoms with Gasteiger partial charge in [-0.1, -0.05) is 42.5 Å². The molecule has 3 aromatic rings. The maximum Gasteiger partial charge on any atom is 0.270 e. The Bertz CT molecular complexity index is 827. The van der Waals surface area contributed by atoms with Gasteiger partial charge >= 0.3 is 0 Å². The molecule has 0 saturated heterocycles. The molecule has 0 saturated carbocycles. The lowest BCUT2D eigenvalue weighted by atomic mass is 10.1. The van der Waals surface area contributed by atoms with Crippen molar-refractivity contribution in [3.63, 3.8) is 0 Å². The van der Waals surface area contributed by atoms with E-state index >= 15 is 0 Å². The van der Waals surface area contributed by atoms with Gasteiger partial charge in [-0.3, -0.25) is 9.78 Å². The van der Waals surface area contributed by atoms with Crippen molar-refractivity contribution < 1.29 is 4.79 Å². The Balaban J connectivity index is 1.69. The van der Waals surface area contributed by atoms with Crippen LogP contribution in [0.15, 0.2) is 66.9 Å². The van der Waals surface area contributed by atoms with E-state index in [-0.39, 0.29) is 11.9 Å². The van der Waals surface area contributed by atoms with E-state index in [9.17, 15) is 4.79 Å². The molecule has 1 amide bonds. The topological polar surface area (TPSA) is 45.2 Å². The van der Waals surface area contributed by atoms with Crippen LogP contribution < -0.4 is 10.2 Å². The largest absolute Gasteiger partial charge is 0.370 e. The van der Waals surface area contributed by atoms with Gasteiger partial charge in [0.25, 0.3) is 5.91 Å². The Morgan fingerprint density at radius 1 is 1.08 bits per heavy atom. The van der Waals surface area contributed by atoms with Crippen LogP contribution in [-0.2, 0) is 0 Å². The lowest BCUT2D eigenvalue weighted by molar-refractivity contribution is 0.0948. The quantitative estimate of drug-likeness (QED) is 0.783. The first-order chi connectivity index (χ1) is 11.7. The second-order valence-corrected chi connectivity index (χ2v) is 5.89. The minimum Gasteiger partial charge on any atom is -0.370 e. The standard InChI is InChI=1S/C20H21N3O/c1-15(23(2)17-9-4-3-5-10-17)14-22-20(24)19-18-11-7-6-8-16(18)12-13-21-19/h3-13,15H,14H2,1-2H3,(H,22,24)/t15-/m1/s1. The predicted octanol–water partition coefficient (Wildman–Crippen LogP) is 3.49. The Hall–Kier alpha value is -2.88. The van der Waals surface area contributed by atoms with Gasteiger partial charge < -0.3 is 10.2 Å². The number of hydrogen-bond donors (Lipinski definition) is 1. The first kappa shape index (κ1) is 16.0. The maximum atomic E-state index is 12.5.